The van der Waals surface area contributed by atoms with E-state index in [1.807, 2.05) is 30.5 Å². The topological polar surface area (TPSA) is 39.2 Å². The first-order chi connectivity index (χ1) is 13.2. The van der Waals surface area contributed by atoms with E-state index in [9.17, 15) is 4.79 Å². The highest BCUT2D eigenvalue weighted by molar-refractivity contribution is 5.75. The lowest BCUT2D eigenvalue weighted by atomic mass is 9.80. The van der Waals surface area contributed by atoms with Gasteiger partial charge in [-0.3, -0.25) is 9.78 Å². The second kappa shape index (κ2) is 9.68. The summed E-state index contributed by atoms with van der Waals surface area (Å²) in [6, 6.07) is 11.9. The van der Waals surface area contributed by atoms with E-state index in [1.54, 1.807) is 0 Å². The van der Waals surface area contributed by atoms with Gasteiger partial charge in [-0.15, -0.1) is 0 Å². The number of carbonyl (C=O) groups is 1. The molecule has 1 aromatic carbocycles. The van der Waals surface area contributed by atoms with Gasteiger partial charge in [-0.25, -0.2) is 0 Å². The Morgan fingerprint density at radius 3 is 2.33 bits per heavy atom. The van der Waals surface area contributed by atoms with E-state index in [1.165, 1.54) is 18.4 Å². The summed E-state index contributed by atoms with van der Waals surface area (Å²) < 4.78 is 5.63. The first-order valence-electron chi connectivity index (χ1n) is 10.5. The first kappa shape index (κ1) is 19.6. The summed E-state index contributed by atoms with van der Waals surface area (Å²) in [5.41, 5.74) is 3.25. The summed E-state index contributed by atoms with van der Waals surface area (Å²) >= 11 is 0. The van der Waals surface area contributed by atoms with Gasteiger partial charge in [-0.05, 0) is 73.9 Å². The molecule has 3 nitrogen and oxygen atoms in total. The van der Waals surface area contributed by atoms with E-state index in [0.29, 0.717) is 5.75 Å². The van der Waals surface area contributed by atoms with Crippen molar-refractivity contribution in [1.82, 2.24) is 4.98 Å². The van der Waals surface area contributed by atoms with Crippen LogP contribution in [0.5, 0.6) is 5.75 Å². The van der Waals surface area contributed by atoms with Crippen molar-refractivity contribution >= 4 is 5.97 Å². The molecule has 144 valence electrons. The van der Waals surface area contributed by atoms with Crippen molar-refractivity contribution in [3.63, 3.8) is 0 Å². The summed E-state index contributed by atoms with van der Waals surface area (Å²) in [4.78, 5) is 17.0. The summed E-state index contributed by atoms with van der Waals surface area (Å²) in [6.07, 6.45) is 10.9. The molecule has 1 fully saturated rings. The Morgan fingerprint density at radius 2 is 1.74 bits per heavy atom. The average molecular weight is 366 g/mol. The maximum atomic E-state index is 12.5. The van der Waals surface area contributed by atoms with Crippen LogP contribution in [0.4, 0.5) is 0 Å². The molecule has 1 aromatic heterocycles. The fourth-order valence-corrected chi connectivity index (χ4v) is 4.02. The van der Waals surface area contributed by atoms with Gasteiger partial charge in [0, 0.05) is 11.8 Å². The number of nitrogens with zero attached hydrogens (tertiary/aromatic N) is 1. The maximum Gasteiger partial charge on any atom is 0.314 e. The molecule has 1 aliphatic carbocycles. The largest absolute Gasteiger partial charge is 0.426 e. The quantitative estimate of drug-likeness (QED) is 0.432. The number of aryl methyl sites for hydroxylation is 1. The smallest absolute Gasteiger partial charge is 0.314 e. The Balaban J connectivity index is 1.55. The maximum absolute atomic E-state index is 12.5. The van der Waals surface area contributed by atoms with Crippen LogP contribution in [0.25, 0.3) is 11.3 Å². The molecule has 3 heteroatoms. The predicted octanol–water partition coefficient (Wildman–Crippen LogP) is 6.21. The molecule has 1 aliphatic rings. The summed E-state index contributed by atoms with van der Waals surface area (Å²) in [6.45, 7) is 4.41. The van der Waals surface area contributed by atoms with Gasteiger partial charge in [0.15, 0.2) is 0 Å². The molecule has 0 aliphatic heterocycles. The Kier molecular flexibility index (Phi) is 7.03. The number of aromatic nitrogens is 1. The molecule has 1 saturated carbocycles. The van der Waals surface area contributed by atoms with Crippen LogP contribution in [0.1, 0.15) is 64.4 Å². The number of carbonyl (C=O) groups excluding carboxylic acids is 1. The van der Waals surface area contributed by atoms with Crippen LogP contribution >= 0.6 is 0 Å². The van der Waals surface area contributed by atoms with Crippen LogP contribution in [0.3, 0.4) is 0 Å². The minimum atomic E-state index is -0.0697. The van der Waals surface area contributed by atoms with Crippen LogP contribution in [-0.2, 0) is 11.2 Å². The van der Waals surface area contributed by atoms with Crippen molar-refractivity contribution < 1.29 is 9.53 Å². The van der Waals surface area contributed by atoms with E-state index in [2.05, 4.69) is 31.0 Å². The summed E-state index contributed by atoms with van der Waals surface area (Å²) in [5.74, 6) is 1.42. The van der Waals surface area contributed by atoms with E-state index < -0.39 is 0 Å². The fraction of sp³-hybridized carbons (Fsp3) is 0.500. The monoisotopic (exact) mass is 365 g/mol. The lowest BCUT2D eigenvalue weighted by Crippen LogP contribution is -2.25. The number of ether oxygens (including phenoxy) is 1. The van der Waals surface area contributed by atoms with Crippen LogP contribution in [-0.4, -0.2) is 11.0 Å². The molecular formula is C24H31NO2. The molecule has 0 amide bonds. The van der Waals surface area contributed by atoms with Crippen LogP contribution in [0, 0.1) is 11.8 Å². The molecule has 0 bridgehead atoms. The highest BCUT2D eigenvalue weighted by Gasteiger charge is 2.27. The van der Waals surface area contributed by atoms with E-state index >= 15 is 0 Å². The number of rotatable bonds is 7. The Hall–Kier alpha value is -2.16. The van der Waals surface area contributed by atoms with Gasteiger partial charge >= 0.3 is 5.97 Å². The number of benzene rings is 1. The van der Waals surface area contributed by atoms with Gasteiger partial charge in [0.25, 0.3) is 0 Å². The van der Waals surface area contributed by atoms with Crippen molar-refractivity contribution in [2.45, 2.75) is 65.2 Å². The molecule has 2 aromatic rings. The minimum Gasteiger partial charge on any atom is -0.426 e. The normalized spacial score (nSPS) is 19.6. The van der Waals surface area contributed by atoms with Crippen LogP contribution in [0.15, 0.2) is 42.6 Å². The Bertz CT molecular complexity index is 713. The molecule has 0 spiro atoms. The highest BCUT2D eigenvalue weighted by Crippen LogP contribution is 2.32. The van der Waals surface area contributed by atoms with Gasteiger partial charge in [0.2, 0.25) is 0 Å². The zero-order valence-corrected chi connectivity index (χ0v) is 16.6. The molecule has 0 saturated heterocycles. The third-order valence-electron chi connectivity index (χ3n) is 5.61. The molecule has 3 rings (SSSR count). The van der Waals surface area contributed by atoms with E-state index in [-0.39, 0.29) is 11.9 Å². The standard InChI is InChI=1S/C24H31NO2/c1-3-5-18-7-10-21(11-8-18)24(26)27-22-14-12-20(13-15-22)23-16-9-19(6-4-2)17-25-23/h9,12-18,21H,3-8,10-11H2,1-2H3/t18-,21-. The second-order valence-electron chi connectivity index (χ2n) is 7.75. The van der Waals surface area contributed by atoms with Crippen molar-refractivity contribution in [2.75, 3.05) is 0 Å². The van der Waals surface area contributed by atoms with Crippen molar-refractivity contribution in [2.24, 2.45) is 11.8 Å². The third-order valence-corrected chi connectivity index (χ3v) is 5.61. The van der Waals surface area contributed by atoms with Gasteiger partial charge in [-0.1, -0.05) is 39.2 Å². The molecule has 27 heavy (non-hydrogen) atoms. The molecule has 0 atom stereocenters. The summed E-state index contributed by atoms with van der Waals surface area (Å²) in [7, 11) is 0. The lowest BCUT2D eigenvalue weighted by molar-refractivity contribution is -0.140. The van der Waals surface area contributed by atoms with Crippen LogP contribution in [0.2, 0.25) is 0 Å². The third kappa shape index (κ3) is 5.41. The number of hydrogen-bond donors (Lipinski definition) is 0. The fourth-order valence-electron chi connectivity index (χ4n) is 4.02. The second-order valence-corrected chi connectivity index (χ2v) is 7.75. The molecule has 1 heterocycles. The molecular weight excluding hydrogens is 334 g/mol. The minimum absolute atomic E-state index is 0.0607. The Morgan fingerprint density at radius 1 is 1.00 bits per heavy atom. The first-order valence-corrected chi connectivity index (χ1v) is 10.5. The number of hydrogen-bond acceptors (Lipinski definition) is 3. The predicted molar refractivity (Wildman–Crippen MR) is 110 cm³/mol. The average Bonchev–Trinajstić information content (AvgIpc) is 2.70. The zero-order valence-electron chi connectivity index (χ0n) is 16.6. The zero-order chi connectivity index (χ0) is 19.1. The van der Waals surface area contributed by atoms with Gasteiger partial charge < -0.3 is 4.74 Å². The summed E-state index contributed by atoms with van der Waals surface area (Å²) in [5, 5.41) is 0. The van der Waals surface area contributed by atoms with Crippen LogP contribution < -0.4 is 4.74 Å². The molecule has 0 radical (unpaired) electrons. The van der Waals surface area contributed by atoms with Gasteiger partial charge in [0.05, 0.1) is 11.6 Å². The molecule has 0 N–H and O–H groups in total. The van der Waals surface area contributed by atoms with Crippen molar-refractivity contribution in [1.29, 1.82) is 0 Å². The highest BCUT2D eigenvalue weighted by atomic mass is 16.5. The SMILES string of the molecule is CCCc1ccc(-c2ccc(OC(=O)[C@H]3CC[C@H](CCC)CC3)cc2)nc1. The van der Waals surface area contributed by atoms with Crippen molar-refractivity contribution in [3.8, 4) is 17.0 Å². The van der Waals surface area contributed by atoms with Crippen molar-refractivity contribution in [3.05, 3.63) is 48.2 Å². The van der Waals surface area contributed by atoms with Gasteiger partial charge in [-0.2, -0.15) is 0 Å². The number of pyridine rings is 1. The molecule has 0 unspecified atom stereocenters. The Labute approximate surface area is 163 Å². The number of esters is 1. The lowest BCUT2D eigenvalue weighted by Gasteiger charge is -2.26. The van der Waals surface area contributed by atoms with E-state index in [4.69, 9.17) is 4.74 Å². The van der Waals surface area contributed by atoms with E-state index in [0.717, 1.165) is 55.7 Å². The van der Waals surface area contributed by atoms with Gasteiger partial charge in [0.1, 0.15) is 5.75 Å².